The summed E-state index contributed by atoms with van der Waals surface area (Å²) in [5, 5.41) is 7.42. The molecule has 0 saturated carbocycles. The van der Waals surface area contributed by atoms with Crippen molar-refractivity contribution in [1.82, 2.24) is 0 Å². The summed E-state index contributed by atoms with van der Waals surface area (Å²) in [4.78, 5) is 9.00. The first-order chi connectivity index (χ1) is 1.73. The maximum atomic E-state index is 9.00. The van der Waals surface area contributed by atoms with Crippen molar-refractivity contribution in [3.05, 3.63) is 0 Å². The first kappa shape index (κ1) is 15.7. The van der Waals surface area contributed by atoms with Gasteiger partial charge in [-0.15, -0.1) is 0 Å². The predicted octanol–water partition coefficient (Wildman–Crippen LogP) is -1.47. The third-order valence-corrected chi connectivity index (χ3v) is 0. The third-order valence-electron chi connectivity index (χ3n) is 0. The molecule has 0 bridgehead atoms. The average molecular weight is 309 g/mol. The molecule has 0 aliphatic heterocycles. The molecule has 0 spiro atoms. The van der Waals surface area contributed by atoms with Gasteiger partial charge in [0.2, 0.25) is 0 Å². The summed E-state index contributed by atoms with van der Waals surface area (Å²) in [6.07, 6.45) is 0. The van der Waals surface area contributed by atoms with Crippen LogP contribution in [-0.2, 0) is 4.79 Å². The zero-order valence-electron chi connectivity index (χ0n) is 3.06. The van der Waals surface area contributed by atoms with Crippen molar-refractivity contribution in [3.8, 4) is 0 Å². The van der Waals surface area contributed by atoms with E-state index in [9.17, 15) is 0 Å². The van der Waals surface area contributed by atoms with Gasteiger partial charge in [-0.2, -0.15) is 0 Å². The summed E-state index contributed by atoms with van der Waals surface area (Å²) < 4.78 is 0. The first-order valence-corrected chi connectivity index (χ1v) is 0.928. The van der Waals surface area contributed by atoms with Crippen molar-refractivity contribution >= 4 is 84.7 Å². The summed E-state index contributed by atoms with van der Waals surface area (Å²) in [5.74, 6) is -0.833. The molecule has 0 aliphatic rings. The van der Waals surface area contributed by atoms with E-state index < -0.39 is 5.97 Å². The summed E-state index contributed by atoms with van der Waals surface area (Å²) >= 11 is 0. The minimum atomic E-state index is -0.833. The maximum absolute atomic E-state index is 9.00. The van der Waals surface area contributed by atoms with Crippen LogP contribution in [0.3, 0.4) is 0 Å². The molecule has 0 amide bonds. The van der Waals surface area contributed by atoms with Gasteiger partial charge in [0.1, 0.15) is 0 Å². The van der Waals surface area contributed by atoms with Gasteiger partial charge < -0.3 is 5.11 Å². The Balaban J connectivity index is -0.0000000450. The molecule has 0 aliphatic carbocycles. The van der Waals surface area contributed by atoms with Gasteiger partial charge in [-0.05, 0) is 0 Å². The molecular weight excluding hydrogens is 302 g/mol. The van der Waals surface area contributed by atoms with Crippen LogP contribution in [0.5, 0.6) is 0 Å². The van der Waals surface area contributed by atoms with Crippen LogP contribution in [0.1, 0.15) is 6.92 Å². The van der Waals surface area contributed by atoms with Crippen molar-refractivity contribution < 1.29 is 9.90 Å². The Hall–Kier alpha value is 2.03. The van der Waals surface area contributed by atoms with E-state index in [4.69, 9.17) is 9.90 Å². The number of hydrogen-bond donors (Lipinski definition) is 1. The van der Waals surface area contributed by atoms with E-state index in [-0.39, 0.29) is 78.7 Å². The molecule has 0 aromatic carbocycles. The van der Waals surface area contributed by atoms with Gasteiger partial charge >= 0.3 is 78.7 Å². The summed E-state index contributed by atoms with van der Waals surface area (Å²) in [5.41, 5.74) is 0. The quantitative estimate of drug-likeness (QED) is 0.555. The normalized spacial score (nSPS) is 4.17. The molecule has 0 saturated heterocycles. The van der Waals surface area contributed by atoms with E-state index in [2.05, 4.69) is 0 Å². The minimum absolute atomic E-state index is 0. The van der Waals surface area contributed by atoms with Crippen molar-refractivity contribution in [2.75, 3.05) is 0 Å². The Morgan fingerprint density at radius 3 is 1.67 bits per heavy atom. The van der Waals surface area contributed by atoms with Gasteiger partial charge in [0, 0.05) is 6.92 Å². The molecule has 6 heavy (non-hydrogen) atoms. The van der Waals surface area contributed by atoms with Crippen molar-refractivity contribution in [3.63, 3.8) is 0 Å². The number of hydrogen-bond acceptors (Lipinski definition) is 1. The fraction of sp³-hybridized carbons (Fsp3) is 0.500. The molecule has 0 atom stereocenters. The number of carbonyl (C=O) groups is 1. The Morgan fingerprint density at radius 2 is 1.67 bits per heavy atom. The number of carboxylic acids is 1. The summed E-state index contributed by atoms with van der Waals surface area (Å²) in [7, 11) is 0. The molecule has 0 aromatic rings. The van der Waals surface area contributed by atoms with Crippen molar-refractivity contribution in [1.29, 1.82) is 0 Å². The van der Waals surface area contributed by atoms with E-state index in [1.54, 1.807) is 0 Å². The Bertz CT molecular complexity index is 34.5. The zero-order chi connectivity index (χ0) is 3.58. The standard InChI is InChI=1S/C2H4O2.K.Pb.3H/c1-2(3)4;;;;;/h1H3,(H,3,4);;;;;. The molecule has 32 valence electrons. The SMILES string of the molecule is CC(=O)O.[KH].[PbH2]. The first-order valence-electron chi connectivity index (χ1n) is 0.928. The second-order valence-corrected chi connectivity index (χ2v) is 0.519. The second kappa shape index (κ2) is 10.1. The molecular formula is C2H7KO2Pb. The van der Waals surface area contributed by atoms with E-state index in [1.807, 2.05) is 0 Å². The van der Waals surface area contributed by atoms with E-state index >= 15 is 0 Å². The topological polar surface area (TPSA) is 37.3 Å². The molecule has 0 rings (SSSR count). The molecule has 0 unspecified atom stereocenters. The number of aliphatic carboxylic acids is 1. The third kappa shape index (κ3) is 37.0. The van der Waals surface area contributed by atoms with Crippen LogP contribution in [0.2, 0.25) is 0 Å². The molecule has 0 aromatic heterocycles. The van der Waals surface area contributed by atoms with Crippen LogP contribution in [0, 0.1) is 0 Å². The van der Waals surface area contributed by atoms with Gasteiger partial charge in [-0.3, -0.25) is 4.79 Å². The Kier molecular flexibility index (Phi) is 26.4. The van der Waals surface area contributed by atoms with Crippen molar-refractivity contribution in [2.24, 2.45) is 0 Å². The van der Waals surface area contributed by atoms with E-state index in [1.165, 1.54) is 0 Å². The van der Waals surface area contributed by atoms with Gasteiger partial charge in [0.05, 0.1) is 0 Å². The predicted molar refractivity (Wildman–Crippen MR) is 29.0 cm³/mol. The Morgan fingerprint density at radius 1 is 1.67 bits per heavy atom. The van der Waals surface area contributed by atoms with Gasteiger partial charge in [-0.1, -0.05) is 0 Å². The van der Waals surface area contributed by atoms with Crippen LogP contribution >= 0.6 is 0 Å². The molecule has 2 nitrogen and oxygen atoms in total. The number of carboxylic acid groups (broad SMARTS) is 1. The Labute approximate surface area is 99.3 Å². The zero-order valence-corrected chi connectivity index (χ0v) is 8.56. The van der Waals surface area contributed by atoms with Crippen LogP contribution < -0.4 is 0 Å². The average Bonchev–Trinajstić information content (AvgIpc) is 0.811. The van der Waals surface area contributed by atoms with Crippen molar-refractivity contribution in [2.45, 2.75) is 6.92 Å². The molecule has 0 fully saturated rings. The fourth-order valence-corrected chi connectivity index (χ4v) is 0. The van der Waals surface area contributed by atoms with Gasteiger partial charge in [-0.25, -0.2) is 0 Å². The van der Waals surface area contributed by atoms with E-state index in [0.29, 0.717) is 0 Å². The molecule has 1 N–H and O–H groups in total. The summed E-state index contributed by atoms with van der Waals surface area (Å²) in [6.45, 7) is 1.08. The van der Waals surface area contributed by atoms with Crippen LogP contribution in [0.25, 0.3) is 0 Å². The van der Waals surface area contributed by atoms with Crippen LogP contribution in [0.15, 0.2) is 0 Å². The van der Waals surface area contributed by atoms with Crippen LogP contribution in [0.4, 0.5) is 0 Å². The monoisotopic (exact) mass is 310 g/mol. The molecule has 2 radical (unpaired) electrons. The van der Waals surface area contributed by atoms with Crippen LogP contribution in [-0.4, -0.2) is 89.8 Å². The van der Waals surface area contributed by atoms with Gasteiger partial charge in [0.15, 0.2) is 0 Å². The molecule has 4 heteroatoms. The fourth-order valence-electron chi connectivity index (χ4n) is 0. The molecule has 0 heterocycles. The number of rotatable bonds is 0. The van der Waals surface area contributed by atoms with E-state index in [0.717, 1.165) is 6.92 Å². The summed E-state index contributed by atoms with van der Waals surface area (Å²) in [6, 6.07) is 0. The van der Waals surface area contributed by atoms with Gasteiger partial charge in [0.25, 0.3) is 5.97 Å². The second-order valence-electron chi connectivity index (χ2n) is 0.519.